The molecule has 0 saturated heterocycles. The van der Waals surface area contributed by atoms with Crippen molar-refractivity contribution >= 4 is 24.8 Å². The van der Waals surface area contributed by atoms with Gasteiger partial charge < -0.3 is 4.43 Å². The standard InChI is InChI=1S/C38H45F2NOSi/c1-6-9-12-22-33-35(8-3)41-38(28(4)5)34(37(33)29-23-25-30(39)26-24-29)27-42-43(36(40)17-7-2,31-18-13-10-14-19-31)32-20-15-11-16-21-32/h8,10-11,13-16,18-21,23-26,28,36H,3,6-7,9,12,17,22,27H2,1-2,4-5H3. The van der Waals surface area contributed by atoms with E-state index in [1.54, 1.807) is 0 Å². The first-order valence-electron chi connectivity index (χ1n) is 15.7. The Morgan fingerprint density at radius 1 is 0.837 bits per heavy atom. The molecule has 43 heavy (non-hydrogen) atoms. The molecule has 3 aromatic carbocycles. The second kappa shape index (κ2) is 15.4. The van der Waals surface area contributed by atoms with Crippen molar-refractivity contribution in [3.05, 3.63) is 120 Å². The monoisotopic (exact) mass is 597 g/mol. The third-order valence-electron chi connectivity index (χ3n) is 8.20. The van der Waals surface area contributed by atoms with Crippen molar-refractivity contribution in [3.63, 3.8) is 0 Å². The Labute approximate surface area is 258 Å². The van der Waals surface area contributed by atoms with E-state index in [0.29, 0.717) is 12.8 Å². The van der Waals surface area contributed by atoms with Crippen molar-refractivity contribution in [2.45, 2.75) is 84.5 Å². The molecule has 0 amide bonds. The summed E-state index contributed by atoms with van der Waals surface area (Å²) in [4.78, 5) is 5.15. The Morgan fingerprint density at radius 2 is 1.44 bits per heavy atom. The van der Waals surface area contributed by atoms with E-state index in [0.717, 1.165) is 69.7 Å². The van der Waals surface area contributed by atoms with Crippen LogP contribution in [0.2, 0.25) is 0 Å². The van der Waals surface area contributed by atoms with E-state index >= 15 is 4.39 Å². The first kappa shape index (κ1) is 32.5. The van der Waals surface area contributed by atoms with Crippen molar-refractivity contribution in [1.29, 1.82) is 0 Å². The summed E-state index contributed by atoms with van der Waals surface area (Å²) in [6.07, 6.45) is 6.97. The van der Waals surface area contributed by atoms with Gasteiger partial charge in [-0.1, -0.05) is 126 Å². The van der Waals surface area contributed by atoms with Crippen LogP contribution in [0, 0.1) is 5.82 Å². The Bertz CT molecular complexity index is 1420. The molecule has 1 aromatic heterocycles. The van der Waals surface area contributed by atoms with Gasteiger partial charge in [0.1, 0.15) is 11.6 Å². The lowest BCUT2D eigenvalue weighted by atomic mass is 9.87. The second-order valence-corrected chi connectivity index (χ2v) is 15.1. The molecule has 1 atom stereocenters. The van der Waals surface area contributed by atoms with Gasteiger partial charge in [0, 0.05) is 11.3 Å². The topological polar surface area (TPSA) is 22.1 Å². The lowest BCUT2D eigenvalue weighted by Gasteiger charge is -2.36. The van der Waals surface area contributed by atoms with Crippen LogP contribution in [-0.2, 0) is 17.5 Å². The van der Waals surface area contributed by atoms with E-state index in [-0.39, 0.29) is 18.3 Å². The molecule has 0 spiro atoms. The van der Waals surface area contributed by atoms with Crippen LogP contribution in [-0.4, -0.2) is 19.1 Å². The third-order valence-corrected chi connectivity index (χ3v) is 12.4. The predicted octanol–water partition coefficient (Wildman–Crippen LogP) is 9.34. The molecule has 2 nitrogen and oxygen atoms in total. The fraction of sp³-hybridized carbons (Fsp3) is 0.342. The summed E-state index contributed by atoms with van der Waals surface area (Å²) in [5.41, 5.74) is 5.73. The van der Waals surface area contributed by atoms with Gasteiger partial charge in [0.15, 0.2) is 0 Å². The summed E-state index contributed by atoms with van der Waals surface area (Å²) in [6.45, 7) is 12.8. The largest absolute Gasteiger partial charge is 0.401 e. The molecule has 0 aliphatic rings. The molecule has 5 heteroatoms. The number of nitrogens with zero attached hydrogens (tertiary/aromatic N) is 1. The number of rotatable bonds is 15. The van der Waals surface area contributed by atoms with E-state index in [1.165, 1.54) is 12.1 Å². The average Bonchev–Trinajstić information content (AvgIpc) is 3.03. The molecule has 4 aromatic rings. The molecule has 0 saturated carbocycles. The van der Waals surface area contributed by atoms with Crippen molar-refractivity contribution in [2.75, 3.05) is 0 Å². The summed E-state index contributed by atoms with van der Waals surface area (Å²) in [7, 11) is -3.39. The van der Waals surface area contributed by atoms with Crippen LogP contribution in [0.4, 0.5) is 8.78 Å². The zero-order valence-corrected chi connectivity index (χ0v) is 27.1. The van der Waals surface area contributed by atoms with Crippen molar-refractivity contribution in [3.8, 4) is 11.1 Å². The van der Waals surface area contributed by atoms with E-state index in [2.05, 4.69) is 27.4 Å². The number of benzene rings is 3. The number of hydrogen-bond donors (Lipinski definition) is 0. The van der Waals surface area contributed by atoms with E-state index in [4.69, 9.17) is 9.41 Å². The lowest BCUT2D eigenvalue weighted by Crippen LogP contribution is -2.67. The maximum Gasteiger partial charge on any atom is 0.290 e. The second-order valence-electron chi connectivity index (χ2n) is 11.5. The van der Waals surface area contributed by atoms with Crippen molar-refractivity contribution in [1.82, 2.24) is 4.98 Å². The van der Waals surface area contributed by atoms with Gasteiger partial charge in [-0.05, 0) is 70.5 Å². The molecular weight excluding hydrogens is 553 g/mol. The van der Waals surface area contributed by atoms with Crippen LogP contribution in [0.25, 0.3) is 17.2 Å². The van der Waals surface area contributed by atoms with Crippen LogP contribution >= 0.6 is 0 Å². The molecule has 226 valence electrons. The maximum atomic E-state index is 16.8. The third kappa shape index (κ3) is 7.22. The minimum absolute atomic E-state index is 0.0857. The predicted molar refractivity (Wildman–Crippen MR) is 180 cm³/mol. The zero-order chi connectivity index (χ0) is 30.8. The van der Waals surface area contributed by atoms with Gasteiger partial charge in [0.05, 0.1) is 12.3 Å². The first-order valence-corrected chi connectivity index (χ1v) is 17.7. The van der Waals surface area contributed by atoms with Gasteiger partial charge in [-0.25, -0.2) is 8.78 Å². The highest BCUT2D eigenvalue weighted by Crippen LogP contribution is 2.37. The number of alkyl halides is 1. The minimum atomic E-state index is -3.39. The molecule has 1 heterocycles. The fourth-order valence-corrected chi connectivity index (χ4v) is 10.1. The minimum Gasteiger partial charge on any atom is -0.401 e. The number of unbranched alkanes of at least 4 members (excludes halogenated alkanes) is 2. The molecule has 1 unspecified atom stereocenters. The highest BCUT2D eigenvalue weighted by Gasteiger charge is 2.48. The SMILES string of the molecule is C=Cc1nc(C(C)C)c(CO[Si](c2ccccc2)(c2ccccc2)C(F)CCC)c(-c2ccc(F)cc2)c1CCCCC. The van der Waals surface area contributed by atoms with Crippen LogP contribution in [0.1, 0.15) is 88.2 Å². The molecule has 0 aliphatic carbocycles. The Balaban J connectivity index is 1.98. The fourth-order valence-electron chi connectivity index (χ4n) is 6.07. The molecule has 4 rings (SSSR count). The van der Waals surface area contributed by atoms with Gasteiger partial charge in [-0.3, -0.25) is 4.98 Å². The van der Waals surface area contributed by atoms with Gasteiger partial charge in [0.2, 0.25) is 0 Å². The van der Waals surface area contributed by atoms with Crippen molar-refractivity contribution < 1.29 is 13.2 Å². The van der Waals surface area contributed by atoms with E-state index in [1.807, 2.05) is 85.8 Å². The molecule has 0 aliphatic heterocycles. The Kier molecular flexibility index (Phi) is 11.6. The molecular formula is C38H45F2NOSi. The highest BCUT2D eigenvalue weighted by atomic mass is 28.4. The summed E-state index contributed by atoms with van der Waals surface area (Å²) < 4.78 is 38.1. The van der Waals surface area contributed by atoms with Gasteiger partial charge in [-0.2, -0.15) is 0 Å². The summed E-state index contributed by atoms with van der Waals surface area (Å²) in [6, 6.07) is 26.5. The van der Waals surface area contributed by atoms with Crippen molar-refractivity contribution in [2.24, 2.45) is 0 Å². The van der Waals surface area contributed by atoms with Gasteiger partial charge in [0.25, 0.3) is 8.32 Å². The molecule has 0 N–H and O–H groups in total. The number of aromatic nitrogens is 1. The normalized spacial score (nSPS) is 12.4. The highest BCUT2D eigenvalue weighted by molar-refractivity contribution is 6.98. The number of pyridine rings is 1. The zero-order valence-electron chi connectivity index (χ0n) is 26.1. The number of hydrogen-bond acceptors (Lipinski definition) is 2. The average molecular weight is 598 g/mol. The van der Waals surface area contributed by atoms with Crippen LogP contribution in [0.15, 0.2) is 91.5 Å². The van der Waals surface area contributed by atoms with Crippen LogP contribution in [0.3, 0.4) is 0 Å². The van der Waals surface area contributed by atoms with Gasteiger partial charge in [-0.15, -0.1) is 0 Å². The lowest BCUT2D eigenvalue weighted by molar-refractivity contribution is 0.260. The Hall–Kier alpha value is -3.41. The first-order chi connectivity index (χ1) is 20.9. The molecule has 0 fully saturated rings. The Morgan fingerprint density at radius 3 is 1.95 bits per heavy atom. The smallest absolute Gasteiger partial charge is 0.290 e. The van der Waals surface area contributed by atoms with Crippen LogP contribution < -0.4 is 10.4 Å². The number of halogens is 2. The quantitative estimate of drug-likeness (QED) is 0.101. The van der Waals surface area contributed by atoms with E-state index in [9.17, 15) is 4.39 Å². The van der Waals surface area contributed by atoms with E-state index < -0.39 is 14.1 Å². The summed E-state index contributed by atoms with van der Waals surface area (Å²) >= 11 is 0. The van der Waals surface area contributed by atoms with Gasteiger partial charge >= 0.3 is 0 Å². The summed E-state index contributed by atoms with van der Waals surface area (Å²) in [5, 5.41) is 1.82. The summed E-state index contributed by atoms with van der Waals surface area (Å²) in [5.74, 6) is -1.35. The van der Waals surface area contributed by atoms with Crippen LogP contribution in [0.5, 0.6) is 0 Å². The molecule has 0 bridgehead atoms. The maximum absolute atomic E-state index is 16.8. The molecule has 0 radical (unpaired) electrons.